The van der Waals surface area contributed by atoms with Crippen LogP contribution in [0.1, 0.15) is 33.8 Å². The highest BCUT2D eigenvalue weighted by atomic mass is 16.7. The average Bonchev–Trinajstić information content (AvgIpc) is 3.50. The summed E-state index contributed by atoms with van der Waals surface area (Å²) in [6, 6.07) is 27.0. The number of carboxylic acid groups (broad SMARTS) is 1. The Balaban J connectivity index is 1.04. The van der Waals surface area contributed by atoms with Gasteiger partial charge in [-0.05, 0) is 64.7 Å². The van der Waals surface area contributed by atoms with Gasteiger partial charge in [0.2, 0.25) is 6.79 Å². The number of hydrogen-bond donors (Lipinski definition) is 1. The lowest BCUT2D eigenvalue weighted by atomic mass is 9.87. The minimum Gasteiger partial charge on any atom is -0.490 e. The third kappa shape index (κ3) is 6.26. The molecule has 0 aliphatic carbocycles. The Hall–Kier alpha value is -4.76. The van der Waals surface area contributed by atoms with Crippen LogP contribution in [-0.2, 0) is 16.1 Å². The van der Waals surface area contributed by atoms with Gasteiger partial charge in [-0.25, -0.2) is 9.59 Å². The lowest BCUT2D eigenvalue weighted by Gasteiger charge is -2.37. The van der Waals surface area contributed by atoms with E-state index in [4.69, 9.17) is 23.7 Å². The molecule has 2 unspecified atom stereocenters. The van der Waals surface area contributed by atoms with Gasteiger partial charge < -0.3 is 33.7 Å². The zero-order valence-electron chi connectivity index (χ0n) is 22.9. The molecule has 2 heterocycles. The standard InChI is InChI=1S/C33H31NO8/c35-32(26-9-12-29-30(18-26)42-21-41-29)39-16-15-38-27-10-7-24(8-11-27)28-13-14-34(33(36)37)19-31(28)40-20-22-5-6-23-3-1-2-4-25(23)17-22/h1-12,17-18,28,31H,13-16,19-21H2,(H,36,37). The van der Waals surface area contributed by atoms with Crippen LogP contribution in [0.15, 0.2) is 84.9 Å². The van der Waals surface area contributed by atoms with Gasteiger partial charge in [-0.1, -0.05) is 48.5 Å². The number of ether oxygens (including phenoxy) is 5. The van der Waals surface area contributed by atoms with Crippen LogP contribution in [0.4, 0.5) is 4.79 Å². The Morgan fingerprint density at radius 1 is 0.881 bits per heavy atom. The number of hydrogen-bond acceptors (Lipinski definition) is 7. The van der Waals surface area contributed by atoms with Gasteiger partial charge in [0.1, 0.15) is 19.0 Å². The van der Waals surface area contributed by atoms with E-state index in [2.05, 4.69) is 24.3 Å². The quantitative estimate of drug-likeness (QED) is 0.198. The summed E-state index contributed by atoms with van der Waals surface area (Å²) in [4.78, 5) is 25.5. The summed E-state index contributed by atoms with van der Waals surface area (Å²) in [5, 5.41) is 11.9. The van der Waals surface area contributed by atoms with E-state index >= 15 is 0 Å². The monoisotopic (exact) mass is 569 g/mol. The largest absolute Gasteiger partial charge is 0.490 e. The van der Waals surface area contributed by atoms with Crippen LogP contribution >= 0.6 is 0 Å². The van der Waals surface area contributed by atoms with Crippen molar-refractivity contribution < 1.29 is 38.4 Å². The fraction of sp³-hybridized carbons (Fsp3) is 0.273. The third-order valence-corrected chi connectivity index (χ3v) is 7.61. The van der Waals surface area contributed by atoms with E-state index in [0.717, 1.165) is 16.5 Å². The smallest absolute Gasteiger partial charge is 0.407 e. The molecule has 0 bridgehead atoms. The summed E-state index contributed by atoms with van der Waals surface area (Å²) < 4.78 is 28.0. The van der Waals surface area contributed by atoms with E-state index in [0.29, 0.717) is 48.9 Å². The minimum absolute atomic E-state index is 0.0396. The van der Waals surface area contributed by atoms with E-state index in [1.165, 1.54) is 10.3 Å². The molecule has 2 aliphatic rings. The molecule has 1 fully saturated rings. The van der Waals surface area contributed by atoms with E-state index < -0.39 is 12.1 Å². The van der Waals surface area contributed by atoms with Crippen molar-refractivity contribution in [2.24, 2.45) is 0 Å². The van der Waals surface area contributed by atoms with Crippen LogP contribution in [0.25, 0.3) is 10.8 Å². The van der Waals surface area contributed by atoms with Crippen LogP contribution < -0.4 is 14.2 Å². The van der Waals surface area contributed by atoms with Crippen LogP contribution in [0.3, 0.4) is 0 Å². The first-order valence-electron chi connectivity index (χ1n) is 13.9. The van der Waals surface area contributed by atoms with Crippen LogP contribution in [-0.4, -0.2) is 61.3 Å². The molecular formula is C33H31NO8. The predicted octanol–water partition coefficient (Wildman–Crippen LogP) is 5.86. The molecule has 9 nitrogen and oxygen atoms in total. The Labute approximate surface area is 243 Å². The first-order chi connectivity index (χ1) is 20.5. The second-order valence-electron chi connectivity index (χ2n) is 10.3. The number of benzene rings is 4. The van der Waals surface area contributed by atoms with Crippen LogP contribution in [0.2, 0.25) is 0 Å². The maximum absolute atomic E-state index is 12.3. The van der Waals surface area contributed by atoms with Gasteiger partial charge in [-0.3, -0.25) is 0 Å². The number of esters is 1. The zero-order valence-corrected chi connectivity index (χ0v) is 22.9. The van der Waals surface area contributed by atoms with Crippen molar-refractivity contribution in [3.63, 3.8) is 0 Å². The molecule has 1 saturated heterocycles. The van der Waals surface area contributed by atoms with Crippen LogP contribution in [0, 0.1) is 0 Å². The molecule has 4 aromatic carbocycles. The molecule has 6 rings (SSSR count). The predicted molar refractivity (Wildman–Crippen MR) is 154 cm³/mol. The average molecular weight is 570 g/mol. The van der Waals surface area contributed by atoms with E-state index in [1.807, 2.05) is 42.5 Å². The number of rotatable bonds is 9. The van der Waals surface area contributed by atoms with E-state index in [9.17, 15) is 14.7 Å². The van der Waals surface area contributed by atoms with Gasteiger partial charge in [0.15, 0.2) is 11.5 Å². The number of piperidine rings is 1. The zero-order chi connectivity index (χ0) is 28.9. The Kier molecular flexibility index (Phi) is 8.09. The highest BCUT2D eigenvalue weighted by Crippen LogP contribution is 2.34. The summed E-state index contributed by atoms with van der Waals surface area (Å²) in [7, 11) is 0. The minimum atomic E-state index is -0.935. The second kappa shape index (κ2) is 12.4. The number of carbonyl (C=O) groups is 2. The second-order valence-corrected chi connectivity index (χ2v) is 10.3. The molecule has 0 spiro atoms. The lowest BCUT2D eigenvalue weighted by molar-refractivity contribution is -0.0199. The fourth-order valence-electron chi connectivity index (χ4n) is 5.38. The maximum atomic E-state index is 12.3. The molecular weight excluding hydrogens is 538 g/mol. The van der Waals surface area contributed by atoms with Gasteiger partial charge in [0, 0.05) is 12.5 Å². The Morgan fingerprint density at radius 2 is 1.69 bits per heavy atom. The van der Waals surface area contributed by atoms with Crippen molar-refractivity contribution in [1.82, 2.24) is 4.90 Å². The summed E-state index contributed by atoms with van der Waals surface area (Å²) in [6.07, 6.45) is -0.565. The molecule has 2 atom stereocenters. The number of nitrogens with zero attached hydrogens (tertiary/aromatic N) is 1. The third-order valence-electron chi connectivity index (χ3n) is 7.61. The van der Waals surface area contributed by atoms with Gasteiger partial charge in [0.25, 0.3) is 0 Å². The van der Waals surface area contributed by atoms with Gasteiger partial charge in [0.05, 0.1) is 24.8 Å². The summed E-state index contributed by atoms with van der Waals surface area (Å²) in [5.74, 6) is 1.35. The summed E-state index contributed by atoms with van der Waals surface area (Å²) >= 11 is 0. The molecule has 0 aromatic heterocycles. The van der Waals surface area contributed by atoms with E-state index in [-0.39, 0.29) is 32.0 Å². The molecule has 216 valence electrons. The molecule has 1 N–H and O–H groups in total. The normalized spacial score (nSPS) is 17.7. The lowest BCUT2D eigenvalue weighted by Crippen LogP contribution is -2.46. The molecule has 1 amide bonds. The Bertz CT molecular complexity index is 1570. The first-order valence-corrected chi connectivity index (χ1v) is 13.9. The van der Waals surface area contributed by atoms with E-state index in [1.54, 1.807) is 18.2 Å². The first kappa shape index (κ1) is 27.4. The Morgan fingerprint density at radius 3 is 2.52 bits per heavy atom. The summed E-state index contributed by atoms with van der Waals surface area (Å²) in [6.45, 7) is 1.58. The number of amides is 1. The molecule has 9 heteroatoms. The summed E-state index contributed by atoms with van der Waals surface area (Å²) in [5.41, 5.74) is 2.49. The topological polar surface area (TPSA) is 104 Å². The molecule has 42 heavy (non-hydrogen) atoms. The van der Waals surface area contributed by atoms with Crippen molar-refractivity contribution in [2.75, 3.05) is 33.1 Å². The molecule has 0 radical (unpaired) electrons. The number of likely N-dealkylation sites (tertiary alicyclic amines) is 1. The van der Waals surface area contributed by atoms with Gasteiger partial charge >= 0.3 is 12.1 Å². The number of carbonyl (C=O) groups excluding carboxylic acids is 1. The fourth-order valence-corrected chi connectivity index (χ4v) is 5.38. The van der Waals surface area contributed by atoms with Crippen molar-refractivity contribution in [3.8, 4) is 17.2 Å². The van der Waals surface area contributed by atoms with Crippen molar-refractivity contribution in [2.45, 2.75) is 25.0 Å². The molecule has 0 saturated carbocycles. The van der Waals surface area contributed by atoms with Crippen molar-refractivity contribution >= 4 is 22.8 Å². The van der Waals surface area contributed by atoms with Crippen LogP contribution in [0.5, 0.6) is 17.2 Å². The highest BCUT2D eigenvalue weighted by Gasteiger charge is 2.33. The van der Waals surface area contributed by atoms with Crippen molar-refractivity contribution in [3.05, 3.63) is 102 Å². The SMILES string of the molecule is O=C(OCCOc1ccc(C2CCN(C(=O)O)CC2OCc2ccc3ccccc3c2)cc1)c1ccc2c(c1)OCO2. The molecule has 4 aromatic rings. The number of fused-ring (bicyclic) bond motifs is 2. The van der Waals surface area contributed by atoms with Gasteiger partial charge in [-0.2, -0.15) is 0 Å². The highest BCUT2D eigenvalue weighted by molar-refractivity contribution is 5.90. The van der Waals surface area contributed by atoms with Crippen molar-refractivity contribution in [1.29, 1.82) is 0 Å². The molecule has 2 aliphatic heterocycles. The van der Waals surface area contributed by atoms with Gasteiger partial charge in [-0.15, -0.1) is 0 Å². The maximum Gasteiger partial charge on any atom is 0.407 e.